The smallest absolute Gasteiger partial charge is 0.220 e. The van der Waals surface area contributed by atoms with Crippen LogP contribution in [0.25, 0.3) is 0 Å². The molecule has 1 amide bonds. The molecular weight excluding hydrogens is 272 g/mol. The third kappa shape index (κ3) is 17.5. The molecular formula is C19H42N2O. The second-order valence-corrected chi connectivity index (χ2v) is 5.83. The zero-order valence-corrected chi connectivity index (χ0v) is 16.0. The van der Waals surface area contributed by atoms with Gasteiger partial charge < -0.3 is 10.6 Å². The summed E-state index contributed by atoms with van der Waals surface area (Å²) in [6.45, 7) is 13.6. The van der Waals surface area contributed by atoms with Gasteiger partial charge in [0.2, 0.25) is 5.91 Å². The molecule has 0 aromatic rings. The molecule has 1 rings (SSSR count). The van der Waals surface area contributed by atoms with Gasteiger partial charge in [-0.15, -0.1) is 0 Å². The molecule has 2 N–H and O–H groups in total. The van der Waals surface area contributed by atoms with Crippen LogP contribution in [0.4, 0.5) is 0 Å². The van der Waals surface area contributed by atoms with Gasteiger partial charge in [0, 0.05) is 13.0 Å². The van der Waals surface area contributed by atoms with Crippen molar-refractivity contribution in [1.29, 1.82) is 0 Å². The maximum absolute atomic E-state index is 11.3. The monoisotopic (exact) mass is 314 g/mol. The molecule has 3 heteroatoms. The zero-order chi connectivity index (χ0) is 17.1. The minimum atomic E-state index is 0.227. The molecule has 134 valence electrons. The average Bonchev–Trinajstić information content (AvgIpc) is 3.07. The van der Waals surface area contributed by atoms with Gasteiger partial charge in [-0.1, -0.05) is 73.1 Å². The van der Waals surface area contributed by atoms with Gasteiger partial charge in [-0.05, 0) is 31.8 Å². The molecule has 0 spiro atoms. The first-order chi connectivity index (χ1) is 10.7. The Morgan fingerprint density at radius 2 is 1.55 bits per heavy atom. The summed E-state index contributed by atoms with van der Waals surface area (Å²) < 4.78 is 0. The molecule has 1 saturated heterocycles. The minimum absolute atomic E-state index is 0.227. The molecule has 0 aromatic heterocycles. The van der Waals surface area contributed by atoms with Crippen LogP contribution in [-0.2, 0) is 4.79 Å². The highest BCUT2D eigenvalue weighted by Crippen LogP contribution is 2.05. The van der Waals surface area contributed by atoms with E-state index >= 15 is 0 Å². The van der Waals surface area contributed by atoms with E-state index in [0.29, 0.717) is 12.3 Å². The summed E-state index contributed by atoms with van der Waals surface area (Å²) in [6, 6.07) is 0. The first-order valence-corrected chi connectivity index (χ1v) is 9.71. The van der Waals surface area contributed by atoms with Crippen molar-refractivity contribution in [3.8, 4) is 0 Å². The predicted octanol–water partition coefficient (Wildman–Crippen LogP) is 4.91. The second-order valence-electron chi connectivity index (χ2n) is 5.83. The Labute approximate surface area is 140 Å². The number of hydrogen-bond donors (Lipinski definition) is 2. The summed E-state index contributed by atoms with van der Waals surface area (Å²) in [4.78, 5) is 11.3. The van der Waals surface area contributed by atoms with Gasteiger partial charge in [-0.25, -0.2) is 0 Å². The Morgan fingerprint density at radius 3 is 2.00 bits per heavy atom. The molecule has 22 heavy (non-hydrogen) atoms. The van der Waals surface area contributed by atoms with Crippen LogP contribution >= 0.6 is 0 Å². The Kier molecular flexibility index (Phi) is 22.0. The summed E-state index contributed by atoms with van der Waals surface area (Å²) in [7, 11) is 0. The lowest BCUT2D eigenvalue weighted by molar-refractivity contribution is -0.121. The van der Waals surface area contributed by atoms with E-state index in [4.69, 9.17) is 0 Å². The van der Waals surface area contributed by atoms with Gasteiger partial charge in [-0.3, -0.25) is 4.79 Å². The van der Waals surface area contributed by atoms with Crippen LogP contribution in [0.1, 0.15) is 92.4 Å². The van der Waals surface area contributed by atoms with Gasteiger partial charge >= 0.3 is 0 Å². The SMILES string of the molecule is CC.CCCCCC.CCCCCC(=O)NCC1CCNC1. The minimum Gasteiger partial charge on any atom is -0.356 e. The van der Waals surface area contributed by atoms with Crippen LogP contribution in [0.3, 0.4) is 0 Å². The zero-order valence-electron chi connectivity index (χ0n) is 16.0. The highest BCUT2D eigenvalue weighted by atomic mass is 16.1. The number of nitrogens with one attached hydrogen (secondary N) is 2. The lowest BCUT2D eigenvalue weighted by Crippen LogP contribution is -2.29. The number of carbonyl (C=O) groups excluding carboxylic acids is 1. The highest BCUT2D eigenvalue weighted by molar-refractivity contribution is 5.75. The molecule has 3 nitrogen and oxygen atoms in total. The Hall–Kier alpha value is -0.570. The predicted molar refractivity (Wildman–Crippen MR) is 99.3 cm³/mol. The first-order valence-electron chi connectivity index (χ1n) is 9.71. The van der Waals surface area contributed by atoms with Crippen LogP contribution in [0, 0.1) is 5.92 Å². The van der Waals surface area contributed by atoms with E-state index in [2.05, 4.69) is 31.4 Å². The van der Waals surface area contributed by atoms with Crippen molar-refractivity contribution in [1.82, 2.24) is 10.6 Å². The summed E-state index contributed by atoms with van der Waals surface area (Å²) in [5.41, 5.74) is 0. The van der Waals surface area contributed by atoms with E-state index in [0.717, 1.165) is 26.1 Å². The molecule has 1 aliphatic rings. The van der Waals surface area contributed by atoms with Crippen molar-refractivity contribution in [2.24, 2.45) is 5.92 Å². The van der Waals surface area contributed by atoms with E-state index in [1.807, 2.05) is 13.8 Å². The maximum atomic E-state index is 11.3. The lowest BCUT2D eigenvalue weighted by atomic mass is 10.1. The van der Waals surface area contributed by atoms with Crippen molar-refractivity contribution < 1.29 is 4.79 Å². The van der Waals surface area contributed by atoms with Crippen molar-refractivity contribution in [3.63, 3.8) is 0 Å². The molecule has 0 radical (unpaired) electrons. The fourth-order valence-electron chi connectivity index (χ4n) is 2.27. The molecule has 1 aliphatic heterocycles. The van der Waals surface area contributed by atoms with Crippen LogP contribution in [0.15, 0.2) is 0 Å². The Bertz CT molecular complexity index is 209. The van der Waals surface area contributed by atoms with Gasteiger partial charge in [-0.2, -0.15) is 0 Å². The Morgan fingerprint density at radius 1 is 1.00 bits per heavy atom. The first kappa shape index (κ1) is 23.7. The van der Waals surface area contributed by atoms with E-state index in [1.54, 1.807) is 0 Å². The average molecular weight is 315 g/mol. The number of unbranched alkanes of at least 4 members (excludes halogenated alkanes) is 5. The number of amides is 1. The molecule has 1 heterocycles. The summed E-state index contributed by atoms with van der Waals surface area (Å²) in [5, 5.41) is 6.30. The van der Waals surface area contributed by atoms with E-state index in [-0.39, 0.29) is 5.91 Å². The molecule has 1 unspecified atom stereocenters. The molecule has 1 fully saturated rings. The standard InChI is InChI=1S/C11H22N2O.C6H14.C2H6/c1-2-3-4-5-11(14)13-9-10-6-7-12-8-10;1-3-5-6-4-2;1-2/h10,12H,2-9H2,1H3,(H,13,14);3-6H2,1-2H3;1-2H3. The lowest BCUT2D eigenvalue weighted by Gasteiger charge is -2.09. The fraction of sp³-hybridized carbons (Fsp3) is 0.947. The van der Waals surface area contributed by atoms with Crippen LogP contribution in [0.5, 0.6) is 0 Å². The van der Waals surface area contributed by atoms with Crippen LogP contribution in [0.2, 0.25) is 0 Å². The number of hydrogen-bond acceptors (Lipinski definition) is 2. The number of carbonyl (C=O) groups is 1. The second kappa shape index (κ2) is 20.4. The normalized spacial score (nSPS) is 16.1. The molecule has 0 aliphatic carbocycles. The van der Waals surface area contributed by atoms with Crippen molar-refractivity contribution in [2.75, 3.05) is 19.6 Å². The third-order valence-electron chi connectivity index (χ3n) is 3.71. The van der Waals surface area contributed by atoms with E-state index in [1.165, 1.54) is 44.9 Å². The van der Waals surface area contributed by atoms with Crippen molar-refractivity contribution in [3.05, 3.63) is 0 Å². The van der Waals surface area contributed by atoms with Gasteiger partial charge in [0.05, 0.1) is 0 Å². The van der Waals surface area contributed by atoms with Gasteiger partial charge in [0.1, 0.15) is 0 Å². The van der Waals surface area contributed by atoms with Crippen LogP contribution in [-0.4, -0.2) is 25.5 Å². The number of rotatable bonds is 9. The maximum Gasteiger partial charge on any atom is 0.220 e. The topological polar surface area (TPSA) is 41.1 Å². The van der Waals surface area contributed by atoms with Gasteiger partial charge in [0.25, 0.3) is 0 Å². The molecule has 0 aromatic carbocycles. The highest BCUT2D eigenvalue weighted by Gasteiger charge is 2.14. The van der Waals surface area contributed by atoms with Crippen molar-refractivity contribution >= 4 is 5.91 Å². The molecule has 0 bridgehead atoms. The summed E-state index contributed by atoms with van der Waals surface area (Å²) >= 11 is 0. The van der Waals surface area contributed by atoms with Crippen molar-refractivity contribution in [2.45, 2.75) is 92.4 Å². The largest absolute Gasteiger partial charge is 0.356 e. The van der Waals surface area contributed by atoms with E-state index in [9.17, 15) is 4.79 Å². The third-order valence-corrected chi connectivity index (χ3v) is 3.71. The van der Waals surface area contributed by atoms with E-state index < -0.39 is 0 Å². The summed E-state index contributed by atoms with van der Waals surface area (Å²) in [5.74, 6) is 0.885. The Balaban J connectivity index is 0. The molecule has 0 saturated carbocycles. The van der Waals surface area contributed by atoms with Gasteiger partial charge in [0.15, 0.2) is 0 Å². The summed E-state index contributed by atoms with van der Waals surface area (Å²) in [6.07, 6.45) is 10.8. The fourth-order valence-corrected chi connectivity index (χ4v) is 2.27. The molecule has 1 atom stereocenters. The quantitative estimate of drug-likeness (QED) is 0.594. The van der Waals surface area contributed by atoms with Crippen LogP contribution < -0.4 is 10.6 Å².